The predicted molar refractivity (Wildman–Crippen MR) is 140 cm³/mol. The molecule has 37 heavy (non-hydrogen) atoms. The Morgan fingerprint density at radius 1 is 1.00 bits per heavy atom. The largest absolute Gasteiger partial charge is 0.379 e. The number of nitrogens with zero attached hydrogens (tertiary/aromatic N) is 7. The van der Waals surface area contributed by atoms with E-state index in [-0.39, 0.29) is 10.8 Å². The van der Waals surface area contributed by atoms with Crippen molar-refractivity contribution in [2.45, 2.75) is 31.1 Å². The fraction of sp³-hybridized carbons (Fsp3) is 0.500. The van der Waals surface area contributed by atoms with Crippen molar-refractivity contribution < 1.29 is 13.2 Å². The van der Waals surface area contributed by atoms with E-state index in [0.717, 1.165) is 70.3 Å². The highest BCUT2D eigenvalue weighted by Crippen LogP contribution is 2.35. The van der Waals surface area contributed by atoms with Crippen LogP contribution in [0.1, 0.15) is 30.7 Å². The average molecular weight is 524 g/mol. The van der Waals surface area contributed by atoms with Gasteiger partial charge in [-0.1, -0.05) is 31.0 Å². The van der Waals surface area contributed by atoms with Crippen molar-refractivity contribution in [3.8, 4) is 0 Å². The zero-order valence-electron chi connectivity index (χ0n) is 21.3. The van der Waals surface area contributed by atoms with Crippen molar-refractivity contribution in [2.75, 3.05) is 52.5 Å². The maximum Gasteiger partial charge on any atom is 0.269 e. The summed E-state index contributed by atoms with van der Waals surface area (Å²) in [7, 11) is -3.79. The van der Waals surface area contributed by atoms with Gasteiger partial charge in [0.15, 0.2) is 11.3 Å². The number of rotatable bonds is 7. The van der Waals surface area contributed by atoms with Gasteiger partial charge in [-0.15, -0.1) is 10.2 Å². The van der Waals surface area contributed by atoms with Gasteiger partial charge in [-0.05, 0) is 31.0 Å². The second-order valence-electron chi connectivity index (χ2n) is 10.1. The number of fused-ring (bicyclic) bond motifs is 3. The third kappa shape index (κ3) is 4.43. The quantitative estimate of drug-likeness (QED) is 0.364. The Balaban J connectivity index is 1.32. The lowest BCUT2D eigenvalue weighted by Crippen LogP contribution is -2.41. The lowest BCUT2D eigenvalue weighted by Gasteiger charge is -2.28. The molecule has 0 N–H and O–H groups in total. The van der Waals surface area contributed by atoms with Gasteiger partial charge in [0.25, 0.3) is 10.0 Å². The minimum Gasteiger partial charge on any atom is -0.379 e. The van der Waals surface area contributed by atoms with Crippen LogP contribution in [-0.2, 0) is 14.8 Å². The molecule has 2 aliphatic heterocycles. The Bertz CT molecular complexity index is 1510. The SMILES string of the molecule is CC[C@@H]1CN(CCN2CCOCC2)C[C@@H]1c1nnc2cnc3c(ccn3S(=O)(=O)c3ccc(C)cc3)n12. The number of benzene rings is 1. The number of aryl methyl sites for hydroxylation is 1. The highest BCUT2D eigenvalue weighted by atomic mass is 32.2. The summed E-state index contributed by atoms with van der Waals surface area (Å²) in [5.74, 6) is 1.56. The van der Waals surface area contributed by atoms with E-state index in [1.54, 1.807) is 42.7 Å². The molecule has 6 rings (SSSR count). The molecule has 0 radical (unpaired) electrons. The van der Waals surface area contributed by atoms with Gasteiger partial charge < -0.3 is 9.64 Å². The summed E-state index contributed by atoms with van der Waals surface area (Å²) in [5.41, 5.74) is 2.72. The first-order valence-corrected chi connectivity index (χ1v) is 14.5. The van der Waals surface area contributed by atoms with Crippen LogP contribution in [0.4, 0.5) is 0 Å². The van der Waals surface area contributed by atoms with Crippen molar-refractivity contribution in [1.82, 2.24) is 33.4 Å². The normalized spacial score (nSPS) is 21.9. The summed E-state index contributed by atoms with van der Waals surface area (Å²) in [4.78, 5) is 9.72. The zero-order valence-corrected chi connectivity index (χ0v) is 22.1. The van der Waals surface area contributed by atoms with Crippen LogP contribution >= 0.6 is 0 Å². The molecule has 1 aromatic carbocycles. The summed E-state index contributed by atoms with van der Waals surface area (Å²) < 4.78 is 35.6. The molecule has 196 valence electrons. The van der Waals surface area contributed by atoms with Gasteiger partial charge in [-0.25, -0.2) is 17.4 Å². The number of morpholine rings is 1. The van der Waals surface area contributed by atoms with Gasteiger partial charge in [0.05, 0.1) is 29.8 Å². The maximum absolute atomic E-state index is 13.4. The molecule has 5 heterocycles. The molecule has 3 aromatic heterocycles. The van der Waals surface area contributed by atoms with Gasteiger partial charge in [-0.2, -0.15) is 0 Å². The molecule has 2 fully saturated rings. The highest BCUT2D eigenvalue weighted by Gasteiger charge is 2.36. The van der Waals surface area contributed by atoms with Crippen molar-refractivity contribution in [3.05, 3.63) is 54.1 Å². The molecule has 0 amide bonds. The van der Waals surface area contributed by atoms with Crippen molar-refractivity contribution in [3.63, 3.8) is 0 Å². The third-order valence-corrected chi connectivity index (χ3v) is 9.53. The molecule has 2 atom stereocenters. The van der Waals surface area contributed by atoms with Crippen LogP contribution in [0.5, 0.6) is 0 Å². The van der Waals surface area contributed by atoms with Gasteiger partial charge in [0.2, 0.25) is 0 Å². The second-order valence-corrected chi connectivity index (χ2v) is 12.0. The molecule has 0 unspecified atom stereocenters. The maximum atomic E-state index is 13.4. The smallest absolute Gasteiger partial charge is 0.269 e. The van der Waals surface area contributed by atoms with Crippen LogP contribution in [-0.4, -0.2) is 94.3 Å². The Morgan fingerprint density at radius 2 is 1.76 bits per heavy atom. The second kappa shape index (κ2) is 9.79. The van der Waals surface area contributed by atoms with Crippen molar-refractivity contribution >= 4 is 26.8 Å². The van der Waals surface area contributed by atoms with Crippen LogP contribution in [0.25, 0.3) is 16.8 Å². The minimum atomic E-state index is -3.79. The Kier molecular flexibility index (Phi) is 6.47. The molecular weight excluding hydrogens is 490 g/mol. The standard InChI is InChI=1S/C26H33N7O3S/c1-3-20-17-31(11-10-30-12-14-36-15-13-30)18-22(20)25-29-28-24-16-27-26-23(33(24)25)8-9-32(26)37(34,35)21-6-4-19(2)5-7-21/h4-9,16,20,22H,3,10-15,17-18H2,1-2H3/t20-,22+/m1/s1. The van der Waals surface area contributed by atoms with E-state index in [0.29, 0.717) is 22.7 Å². The lowest BCUT2D eigenvalue weighted by atomic mass is 9.93. The summed E-state index contributed by atoms with van der Waals surface area (Å²) in [5, 5.41) is 9.03. The van der Waals surface area contributed by atoms with Gasteiger partial charge in [-0.3, -0.25) is 9.30 Å². The van der Waals surface area contributed by atoms with Gasteiger partial charge in [0.1, 0.15) is 5.82 Å². The molecule has 4 aromatic rings. The number of aromatic nitrogens is 5. The fourth-order valence-corrected chi connectivity index (χ4v) is 6.96. The molecule has 10 nitrogen and oxygen atoms in total. The molecular formula is C26H33N7O3S. The summed E-state index contributed by atoms with van der Waals surface area (Å²) in [6.45, 7) is 11.8. The Morgan fingerprint density at radius 3 is 2.51 bits per heavy atom. The van der Waals surface area contributed by atoms with E-state index in [9.17, 15) is 8.42 Å². The zero-order chi connectivity index (χ0) is 25.6. The Hall–Kier alpha value is -2.86. The molecule has 2 saturated heterocycles. The highest BCUT2D eigenvalue weighted by molar-refractivity contribution is 7.90. The van der Waals surface area contributed by atoms with Crippen LogP contribution in [0.15, 0.2) is 47.6 Å². The number of hydrogen-bond acceptors (Lipinski definition) is 8. The van der Waals surface area contributed by atoms with Crippen LogP contribution < -0.4 is 0 Å². The van der Waals surface area contributed by atoms with E-state index in [2.05, 4.69) is 31.9 Å². The number of likely N-dealkylation sites (tertiary alicyclic amines) is 1. The van der Waals surface area contributed by atoms with Crippen LogP contribution in [0.3, 0.4) is 0 Å². The van der Waals surface area contributed by atoms with Crippen LogP contribution in [0.2, 0.25) is 0 Å². The molecule has 0 saturated carbocycles. The topological polar surface area (TPSA) is 97.9 Å². The van der Waals surface area contributed by atoms with Crippen molar-refractivity contribution in [2.24, 2.45) is 5.92 Å². The van der Waals surface area contributed by atoms with Crippen molar-refractivity contribution in [1.29, 1.82) is 0 Å². The number of hydrogen-bond donors (Lipinski definition) is 0. The lowest BCUT2D eigenvalue weighted by molar-refractivity contribution is 0.0342. The Labute approximate surface area is 216 Å². The third-order valence-electron chi connectivity index (χ3n) is 7.85. The fourth-order valence-electron chi connectivity index (χ4n) is 5.67. The first-order valence-electron chi connectivity index (χ1n) is 13.0. The molecule has 0 aliphatic carbocycles. The first-order chi connectivity index (χ1) is 18.0. The van der Waals surface area contributed by atoms with Gasteiger partial charge >= 0.3 is 0 Å². The van der Waals surface area contributed by atoms with Gasteiger partial charge in [0, 0.05) is 51.4 Å². The molecule has 2 aliphatic rings. The summed E-state index contributed by atoms with van der Waals surface area (Å²) in [6, 6.07) is 8.68. The number of ether oxygens (including phenoxy) is 1. The average Bonchev–Trinajstić information content (AvgIpc) is 3.64. The predicted octanol–water partition coefficient (Wildman–Crippen LogP) is 2.38. The minimum absolute atomic E-state index is 0.215. The van der Waals surface area contributed by atoms with E-state index < -0.39 is 10.0 Å². The molecule has 0 bridgehead atoms. The van der Waals surface area contributed by atoms with E-state index in [1.807, 2.05) is 11.3 Å². The molecule has 0 spiro atoms. The monoisotopic (exact) mass is 523 g/mol. The van der Waals surface area contributed by atoms with E-state index in [4.69, 9.17) is 4.74 Å². The first kappa shape index (κ1) is 24.5. The van der Waals surface area contributed by atoms with E-state index in [1.165, 1.54) is 3.97 Å². The van der Waals surface area contributed by atoms with Crippen LogP contribution in [0, 0.1) is 12.8 Å². The van der Waals surface area contributed by atoms with E-state index >= 15 is 0 Å². The summed E-state index contributed by atoms with van der Waals surface area (Å²) in [6.07, 6.45) is 4.24. The molecule has 11 heteroatoms. The summed E-state index contributed by atoms with van der Waals surface area (Å²) >= 11 is 0.